The third-order valence-electron chi connectivity index (χ3n) is 2.64. The third-order valence-corrected chi connectivity index (χ3v) is 2.64. The Morgan fingerprint density at radius 1 is 1.20 bits per heavy atom. The second-order valence-electron chi connectivity index (χ2n) is 4.12. The molecule has 0 atom stereocenters. The SMILES string of the molecule is OCCOc1ccc(CC2(O)CC2)cc1. The van der Waals surface area contributed by atoms with Gasteiger partial charge in [0.1, 0.15) is 12.4 Å². The van der Waals surface area contributed by atoms with Gasteiger partial charge < -0.3 is 14.9 Å². The summed E-state index contributed by atoms with van der Waals surface area (Å²) in [5.41, 5.74) is 0.694. The second kappa shape index (κ2) is 4.21. The van der Waals surface area contributed by atoms with Gasteiger partial charge in [-0.05, 0) is 30.5 Å². The molecule has 0 aromatic heterocycles. The van der Waals surface area contributed by atoms with Crippen LogP contribution in [0.3, 0.4) is 0 Å². The Labute approximate surface area is 89.3 Å². The zero-order chi connectivity index (χ0) is 10.7. The van der Waals surface area contributed by atoms with Crippen molar-refractivity contribution in [2.75, 3.05) is 13.2 Å². The number of ether oxygens (including phenoxy) is 1. The minimum atomic E-state index is -0.437. The highest BCUT2D eigenvalue weighted by Gasteiger charge is 2.39. The van der Waals surface area contributed by atoms with Crippen LogP contribution in [0.25, 0.3) is 0 Å². The van der Waals surface area contributed by atoms with Gasteiger partial charge in [0.25, 0.3) is 0 Å². The van der Waals surface area contributed by atoms with Crippen molar-refractivity contribution in [2.45, 2.75) is 24.9 Å². The van der Waals surface area contributed by atoms with Gasteiger partial charge in [-0.15, -0.1) is 0 Å². The van der Waals surface area contributed by atoms with Crippen LogP contribution in [-0.4, -0.2) is 29.0 Å². The first kappa shape index (κ1) is 10.5. The molecule has 1 fully saturated rings. The lowest BCUT2D eigenvalue weighted by Gasteiger charge is -2.08. The molecule has 82 valence electrons. The van der Waals surface area contributed by atoms with Crippen LogP contribution < -0.4 is 4.74 Å². The summed E-state index contributed by atoms with van der Waals surface area (Å²) in [5, 5.41) is 18.3. The summed E-state index contributed by atoms with van der Waals surface area (Å²) in [5.74, 6) is 0.760. The Morgan fingerprint density at radius 3 is 2.40 bits per heavy atom. The van der Waals surface area contributed by atoms with E-state index < -0.39 is 5.60 Å². The van der Waals surface area contributed by atoms with Gasteiger partial charge >= 0.3 is 0 Å². The summed E-state index contributed by atoms with van der Waals surface area (Å²) < 4.78 is 5.24. The Hall–Kier alpha value is -1.06. The monoisotopic (exact) mass is 208 g/mol. The number of aliphatic hydroxyl groups is 2. The Morgan fingerprint density at radius 2 is 1.87 bits per heavy atom. The Bertz CT molecular complexity index is 314. The largest absolute Gasteiger partial charge is 0.491 e. The predicted molar refractivity (Wildman–Crippen MR) is 56.9 cm³/mol. The minimum Gasteiger partial charge on any atom is -0.491 e. The average Bonchev–Trinajstić information content (AvgIpc) is 2.95. The standard InChI is InChI=1S/C12H16O3/c13-7-8-15-11-3-1-10(2-4-11)9-12(14)5-6-12/h1-4,13-14H,5-9H2. The molecule has 3 heteroatoms. The van der Waals surface area contributed by atoms with Gasteiger partial charge in [0.2, 0.25) is 0 Å². The van der Waals surface area contributed by atoms with E-state index in [1.807, 2.05) is 24.3 Å². The maximum absolute atomic E-state index is 9.73. The zero-order valence-electron chi connectivity index (χ0n) is 8.65. The molecule has 0 aliphatic heterocycles. The highest BCUT2D eigenvalue weighted by molar-refractivity contribution is 5.29. The maximum Gasteiger partial charge on any atom is 0.119 e. The van der Waals surface area contributed by atoms with Gasteiger partial charge in [0.15, 0.2) is 0 Å². The van der Waals surface area contributed by atoms with Crippen molar-refractivity contribution in [2.24, 2.45) is 0 Å². The third kappa shape index (κ3) is 2.94. The normalized spacial score (nSPS) is 17.5. The van der Waals surface area contributed by atoms with E-state index in [9.17, 15) is 5.11 Å². The van der Waals surface area contributed by atoms with Crippen molar-refractivity contribution in [3.8, 4) is 5.75 Å². The molecular formula is C12H16O3. The van der Waals surface area contributed by atoms with Crippen molar-refractivity contribution in [3.05, 3.63) is 29.8 Å². The molecule has 15 heavy (non-hydrogen) atoms. The highest BCUT2D eigenvalue weighted by Crippen LogP contribution is 2.38. The van der Waals surface area contributed by atoms with Crippen molar-refractivity contribution in [1.29, 1.82) is 0 Å². The molecule has 0 amide bonds. The van der Waals surface area contributed by atoms with Gasteiger partial charge in [-0.1, -0.05) is 12.1 Å². The maximum atomic E-state index is 9.73. The van der Waals surface area contributed by atoms with Crippen LogP contribution in [0, 0.1) is 0 Å². The Balaban J connectivity index is 1.91. The highest BCUT2D eigenvalue weighted by atomic mass is 16.5. The van der Waals surface area contributed by atoms with Gasteiger partial charge in [-0.25, -0.2) is 0 Å². The van der Waals surface area contributed by atoms with Crippen LogP contribution in [0.5, 0.6) is 5.75 Å². The van der Waals surface area contributed by atoms with E-state index in [1.54, 1.807) is 0 Å². The molecule has 0 radical (unpaired) electrons. The van der Waals surface area contributed by atoms with Crippen LogP contribution in [0.2, 0.25) is 0 Å². The second-order valence-corrected chi connectivity index (χ2v) is 4.12. The fourth-order valence-electron chi connectivity index (χ4n) is 1.57. The lowest BCUT2D eigenvalue weighted by Crippen LogP contribution is -2.10. The van der Waals surface area contributed by atoms with Crippen LogP contribution in [0.15, 0.2) is 24.3 Å². The van der Waals surface area contributed by atoms with E-state index in [0.29, 0.717) is 6.61 Å². The summed E-state index contributed by atoms with van der Waals surface area (Å²) in [6.07, 6.45) is 2.55. The lowest BCUT2D eigenvalue weighted by atomic mass is 10.1. The first-order chi connectivity index (χ1) is 7.22. The number of hydrogen-bond acceptors (Lipinski definition) is 3. The quantitative estimate of drug-likeness (QED) is 0.762. The molecular weight excluding hydrogens is 192 g/mol. The molecule has 0 unspecified atom stereocenters. The fraction of sp³-hybridized carbons (Fsp3) is 0.500. The van der Waals surface area contributed by atoms with Gasteiger partial charge in [0, 0.05) is 6.42 Å². The van der Waals surface area contributed by atoms with Crippen LogP contribution in [0.4, 0.5) is 0 Å². The molecule has 3 nitrogen and oxygen atoms in total. The molecule has 0 heterocycles. The number of rotatable bonds is 5. The molecule has 1 aromatic carbocycles. The number of benzene rings is 1. The predicted octanol–water partition coefficient (Wildman–Crippen LogP) is 1.13. The topological polar surface area (TPSA) is 49.7 Å². The van der Waals surface area contributed by atoms with E-state index in [-0.39, 0.29) is 6.61 Å². The van der Waals surface area contributed by atoms with Crippen LogP contribution >= 0.6 is 0 Å². The zero-order valence-corrected chi connectivity index (χ0v) is 8.65. The molecule has 0 saturated heterocycles. The van der Waals surface area contributed by atoms with Crippen LogP contribution in [-0.2, 0) is 6.42 Å². The van der Waals surface area contributed by atoms with E-state index in [1.165, 1.54) is 0 Å². The molecule has 1 aliphatic carbocycles. The smallest absolute Gasteiger partial charge is 0.119 e. The summed E-state index contributed by atoms with van der Waals surface area (Å²) in [4.78, 5) is 0. The molecule has 0 bridgehead atoms. The van der Waals surface area contributed by atoms with E-state index in [2.05, 4.69) is 0 Å². The van der Waals surface area contributed by atoms with Crippen molar-refractivity contribution in [1.82, 2.24) is 0 Å². The van der Waals surface area contributed by atoms with Crippen molar-refractivity contribution in [3.63, 3.8) is 0 Å². The number of hydrogen-bond donors (Lipinski definition) is 2. The molecule has 1 aromatic rings. The first-order valence-corrected chi connectivity index (χ1v) is 5.27. The fourth-order valence-corrected chi connectivity index (χ4v) is 1.57. The first-order valence-electron chi connectivity index (χ1n) is 5.27. The van der Waals surface area contributed by atoms with Crippen LogP contribution in [0.1, 0.15) is 18.4 Å². The van der Waals surface area contributed by atoms with E-state index in [0.717, 1.165) is 30.6 Å². The molecule has 2 rings (SSSR count). The van der Waals surface area contributed by atoms with Gasteiger partial charge in [-0.3, -0.25) is 0 Å². The summed E-state index contributed by atoms with van der Waals surface area (Å²) in [7, 11) is 0. The lowest BCUT2D eigenvalue weighted by molar-refractivity contribution is 0.151. The molecule has 2 N–H and O–H groups in total. The summed E-state index contributed by atoms with van der Waals surface area (Å²) in [6, 6.07) is 7.67. The van der Waals surface area contributed by atoms with Crippen molar-refractivity contribution < 1.29 is 14.9 Å². The molecule has 1 aliphatic rings. The summed E-state index contributed by atoms with van der Waals surface area (Å²) >= 11 is 0. The molecule has 0 spiro atoms. The van der Waals surface area contributed by atoms with E-state index in [4.69, 9.17) is 9.84 Å². The van der Waals surface area contributed by atoms with E-state index >= 15 is 0 Å². The summed E-state index contributed by atoms with van der Waals surface area (Å²) in [6.45, 7) is 0.352. The van der Waals surface area contributed by atoms with Gasteiger partial charge in [-0.2, -0.15) is 0 Å². The molecule has 1 saturated carbocycles. The Kier molecular flexibility index (Phi) is 2.93. The van der Waals surface area contributed by atoms with Crippen molar-refractivity contribution >= 4 is 0 Å². The minimum absolute atomic E-state index is 0.0293. The number of aliphatic hydroxyl groups excluding tert-OH is 1. The van der Waals surface area contributed by atoms with Gasteiger partial charge in [0.05, 0.1) is 12.2 Å². The average molecular weight is 208 g/mol.